The van der Waals surface area contributed by atoms with Gasteiger partial charge < -0.3 is 9.47 Å². The van der Waals surface area contributed by atoms with Crippen molar-refractivity contribution in [1.82, 2.24) is 19.7 Å². The largest absolute Gasteiger partial charge is 0.342 e. The maximum atomic E-state index is 12.7. The van der Waals surface area contributed by atoms with Crippen molar-refractivity contribution >= 4 is 17.7 Å². The molecule has 0 radical (unpaired) electrons. The Morgan fingerprint density at radius 2 is 1.92 bits per heavy atom. The van der Waals surface area contributed by atoms with Crippen molar-refractivity contribution in [3.05, 3.63) is 41.7 Å². The van der Waals surface area contributed by atoms with Crippen LogP contribution >= 0.6 is 11.8 Å². The number of nitrogens with zero attached hydrogens (tertiary/aromatic N) is 4. The Morgan fingerprint density at radius 1 is 1.24 bits per heavy atom. The Balaban J connectivity index is 1.67. The number of aromatic nitrogens is 3. The quantitative estimate of drug-likeness (QED) is 0.769. The van der Waals surface area contributed by atoms with E-state index in [4.69, 9.17) is 0 Å². The molecule has 1 aromatic carbocycles. The van der Waals surface area contributed by atoms with Gasteiger partial charge in [0.1, 0.15) is 5.82 Å². The van der Waals surface area contributed by atoms with Gasteiger partial charge in [0.05, 0.1) is 11.8 Å². The van der Waals surface area contributed by atoms with E-state index in [1.807, 2.05) is 36.9 Å². The second-order valence-electron chi connectivity index (χ2n) is 6.87. The maximum Gasteiger partial charge on any atom is 0.235 e. The van der Waals surface area contributed by atoms with Crippen molar-refractivity contribution in [1.29, 1.82) is 0 Å². The van der Waals surface area contributed by atoms with Crippen molar-refractivity contribution in [2.45, 2.75) is 50.6 Å². The second kappa shape index (κ2) is 8.04. The molecule has 5 nitrogen and oxygen atoms in total. The minimum atomic E-state index is -0.147. The first-order chi connectivity index (χ1) is 12.0. The van der Waals surface area contributed by atoms with Crippen molar-refractivity contribution in [2.75, 3.05) is 13.1 Å². The molecule has 0 aliphatic carbocycles. The molecule has 25 heavy (non-hydrogen) atoms. The summed E-state index contributed by atoms with van der Waals surface area (Å²) in [6, 6.07) is 10.3. The highest BCUT2D eigenvalue weighted by Crippen LogP contribution is 2.26. The molecule has 0 bridgehead atoms. The minimum Gasteiger partial charge on any atom is -0.342 e. The lowest BCUT2D eigenvalue weighted by molar-refractivity contribution is -0.131. The first kappa shape index (κ1) is 18.0. The summed E-state index contributed by atoms with van der Waals surface area (Å²) in [4.78, 5) is 14.7. The van der Waals surface area contributed by atoms with Crippen LogP contribution in [0.25, 0.3) is 0 Å². The molecule has 1 aliphatic heterocycles. The molecular formula is C19H26N4OS. The number of carbonyl (C=O) groups excluding carboxylic acids is 1. The SMILES string of the molecule is Cc1nnc(S[C@H](C)C(=O)N2CCC(C)CC2)n1Cc1ccccc1. The second-order valence-corrected chi connectivity index (χ2v) is 8.18. The van der Waals surface area contributed by atoms with Gasteiger partial charge in [-0.05, 0) is 38.2 Å². The van der Waals surface area contributed by atoms with Gasteiger partial charge in [-0.3, -0.25) is 4.79 Å². The Bertz CT molecular complexity index is 707. The third-order valence-electron chi connectivity index (χ3n) is 4.81. The van der Waals surface area contributed by atoms with Crippen LogP contribution in [0.15, 0.2) is 35.5 Å². The van der Waals surface area contributed by atoms with Crippen molar-refractivity contribution < 1.29 is 4.79 Å². The number of thioether (sulfide) groups is 1. The van der Waals surface area contributed by atoms with Crippen molar-refractivity contribution in [3.63, 3.8) is 0 Å². The molecule has 3 rings (SSSR count). The molecule has 1 atom stereocenters. The lowest BCUT2D eigenvalue weighted by Gasteiger charge is -2.31. The van der Waals surface area contributed by atoms with E-state index < -0.39 is 0 Å². The number of amides is 1. The number of carbonyl (C=O) groups is 1. The molecule has 2 heterocycles. The normalized spacial score (nSPS) is 16.8. The number of piperidine rings is 1. The van der Waals surface area contributed by atoms with Crippen LogP contribution in [0.3, 0.4) is 0 Å². The highest BCUT2D eigenvalue weighted by molar-refractivity contribution is 8.00. The molecule has 1 aromatic heterocycles. The van der Waals surface area contributed by atoms with Crippen molar-refractivity contribution in [2.24, 2.45) is 5.92 Å². The lowest BCUT2D eigenvalue weighted by Crippen LogP contribution is -2.41. The molecule has 0 saturated carbocycles. The summed E-state index contributed by atoms with van der Waals surface area (Å²) < 4.78 is 2.09. The summed E-state index contributed by atoms with van der Waals surface area (Å²) >= 11 is 1.51. The molecule has 2 aromatic rings. The third-order valence-corrected chi connectivity index (χ3v) is 5.88. The highest BCUT2D eigenvalue weighted by atomic mass is 32.2. The monoisotopic (exact) mass is 358 g/mol. The Morgan fingerprint density at radius 3 is 2.60 bits per heavy atom. The van der Waals surface area contributed by atoms with Gasteiger partial charge in [0.25, 0.3) is 0 Å². The van der Waals surface area contributed by atoms with Crippen LogP contribution in [-0.4, -0.2) is 43.9 Å². The van der Waals surface area contributed by atoms with E-state index in [9.17, 15) is 4.79 Å². The van der Waals surface area contributed by atoms with Crippen LogP contribution in [0.2, 0.25) is 0 Å². The molecule has 134 valence electrons. The van der Waals surface area contributed by atoms with E-state index in [1.165, 1.54) is 17.3 Å². The molecule has 6 heteroatoms. The first-order valence-corrected chi connectivity index (χ1v) is 9.81. The van der Waals surface area contributed by atoms with Crippen LogP contribution in [0.5, 0.6) is 0 Å². The highest BCUT2D eigenvalue weighted by Gasteiger charge is 2.26. The van der Waals surface area contributed by atoms with Crippen LogP contribution in [0.1, 0.15) is 38.1 Å². The fourth-order valence-electron chi connectivity index (χ4n) is 3.09. The topological polar surface area (TPSA) is 51.0 Å². The summed E-state index contributed by atoms with van der Waals surface area (Å²) in [6.45, 7) is 8.67. The van der Waals surface area contributed by atoms with Gasteiger partial charge in [-0.15, -0.1) is 10.2 Å². The number of rotatable bonds is 5. The van der Waals surface area contributed by atoms with Gasteiger partial charge in [-0.25, -0.2) is 0 Å². The van der Waals surface area contributed by atoms with Crippen LogP contribution in [0, 0.1) is 12.8 Å². The van der Waals surface area contributed by atoms with Crippen LogP contribution in [-0.2, 0) is 11.3 Å². The van der Waals surface area contributed by atoms with Gasteiger partial charge in [-0.1, -0.05) is 49.0 Å². The summed E-state index contributed by atoms with van der Waals surface area (Å²) in [5, 5.41) is 9.18. The summed E-state index contributed by atoms with van der Waals surface area (Å²) in [6.07, 6.45) is 2.21. The summed E-state index contributed by atoms with van der Waals surface area (Å²) in [5.74, 6) is 1.81. The molecule has 1 saturated heterocycles. The zero-order valence-corrected chi connectivity index (χ0v) is 16.0. The molecular weight excluding hydrogens is 332 g/mol. The van der Waals surface area contributed by atoms with E-state index >= 15 is 0 Å². The summed E-state index contributed by atoms with van der Waals surface area (Å²) in [7, 11) is 0. The number of hydrogen-bond donors (Lipinski definition) is 0. The summed E-state index contributed by atoms with van der Waals surface area (Å²) in [5.41, 5.74) is 1.20. The predicted molar refractivity (Wildman–Crippen MR) is 101 cm³/mol. The third kappa shape index (κ3) is 4.42. The molecule has 0 spiro atoms. The number of aryl methyl sites for hydroxylation is 1. The van der Waals surface area contributed by atoms with Gasteiger partial charge >= 0.3 is 0 Å². The molecule has 1 aliphatic rings. The average molecular weight is 359 g/mol. The van der Waals surface area contributed by atoms with Gasteiger partial charge in [-0.2, -0.15) is 0 Å². The van der Waals surface area contributed by atoms with Gasteiger partial charge in [0, 0.05) is 13.1 Å². The van der Waals surface area contributed by atoms with E-state index in [0.717, 1.165) is 49.4 Å². The Labute approximate surface area is 153 Å². The molecule has 1 amide bonds. The van der Waals surface area contributed by atoms with E-state index in [2.05, 4.69) is 33.8 Å². The fraction of sp³-hybridized carbons (Fsp3) is 0.526. The van der Waals surface area contributed by atoms with E-state index in [0.29, 0.717) is 0 Å². The Kier molecular flexibility index (Phi) is 5.78. The minimum absolute atomic E-state index is 0.147. The Hall–Kier alpha value is -1.82. The fourth-order valence-corrected chi connectivity index (χ4v) is 4.07. The first-order valence-electron chi connectivity index (χ1n) is 8.93. The van der Waals surface area contributed by atoms with E-state index in [1.54, 1.807) is 0 Å². The van der Waals surface area contributed by atoms with E-state index in [-0.39, 0.29) is 11.2 Å². The number of likely N-dealkylation sites (tertiary alicyclic amines) is 1. The van der Waals surface area contributed by atoms with Crippen molar-refractivity contribution in [3.8, 4) is 0 Å². The lowest BCUT2D eigenvalue weighted by atomic mass is 9.99. The predicted octanol–water partition coefficient (Wildman–Crippen LogP) is 3.37. The smallest absolute Gasteiger partial charge is 0.235 e. The molecule has 1 fully saturated rings. The van der Waals surface area contributed by atoms with Crippen LogP contribution in [0.4, 0.5) is 0 Å². The van der Waals surface area contributed by atoms with Gasteiger partial charge in [0.2, 0.25) is 5.91 Å². The number of benzene rings is 1. The maximum absolute atomic E-state index is 12.7. The average Bonchev–Trinajstić information content (AvgIpc) is 2.96. The number of hydrogen-bond acceptors (Lipinski definition) is 4. The molecule has 0 unspecified atom stereocenters. The van der Waals surface area contributed by atoms with Gasteiger partial charge in [0.15, 0.2) is 5.16 Å². The molecule has 0 N–H and O–H groups in total. The van der Waals surface area contributed by atoms with Crippen LogP contribution < -0.4 is 0 Å². The standard InChI is InChI=1S/C19H26N4OS/c1-14-9-11-22(12-10-14)18(24)15(2)25-19-21-20-16(3)23(19)13-17-7-5-4-6-8-17/h4-8,14-15H,9-13H2,1-3H3/t15-/m1/s1. The zero-order chi connectivity index (χ0) is 17.8. The zero-order valence-electron chi connectivity index (χ0n) is 15.2.